The lowest BCUT2D eigenvalue weighted by atomic mass is 9.48. The molecule has 2 saturated carbocycles. The minimum absolute atomic E-state index is 0.253. The maximum Gasteiger partial charge on any atom is 0.0962 e. The molecule has 25 heavy (non-hydrogen) atoms. The van der Waals surface area contributed by atoms with Crippen molar-refractivity contribution in [2.75, 3.05) is 19.8 Å². The monoisotopic (exact) mass is 344 g/mol. The van der Waals surface area contributed by atoms with E-state index in [0.717, 1.165) is 44.0 Å². The number of ether oxygens (including phenoxy) is 2. The summed E-state index contributed by atoms with van der Waals surface area (Å²) in [5, 5.41) is 0. The Labute approximate surface area is 154 Å². The standard InChI is InChI=1S/C23H36O2/c1-4-24-16-23-14-10-18(25-5-2)15-17(23)8-9-19-20-7-6-12-22(20,3)13-11-21(19)23/h8,15,19-21H,4-7,9-14,16H2,1-3H3/t19-,20-,21-,22-,23+/m0/s1. The van der Waals surface area contributed by atoms with Crippen LogP contribution in [0.1, 0.15) is 72.1 Å². The SMILES string of the molecule is CCOC[C@]12CCC(OCC)=CC1=CC[C@H]1[C@@H]3CCC[C@@]3(C)CC[C@@H]12. The molecular weight excluding hydrogens is 308 g/mol. The fraction of sp³-hybridized carbons (Fsp3) is 0.826. The van der Waals surface area contributed by atoms with Gasteiger partial charge in [0, 0.05) is 18.4 Å². The predicted octanol–water partition coefficient (Wildman–Crippen LogP) is 5.89. The van der Waals surface area contributed by atoms with E-state index in [1.165, 1.54) is 50.7 Å². The van der Waals surface area contributed by atoms with Crippen molar-refractivity contribution in [2.45, 2.75) is 72.1 Å². The second-order valence-electron chi connectivity index (χ2n) is 9.19. The van der Waals surface area contributed by atoms with Crippen molar-refractivity contribution in [2.24, 2.45) is 28.6 Å². The Balaban J connectivity index is 1.68. The molecule has 0 heterocycles. The van der Waals surface area contributed by atoms with Crippen molar-refractivity contribution in [3.05, 3.63) is 23.5 Å². The van der Waals surface area contributed by atoms with Crippen LogP contribution in [0.3, 0.4) is 0 Å². The second-order valence-corrected chi connectivity index (χ2v) is 9.19. The molecular formula is C23H36O2. The summed E-state index contributed by atoms with van der Waals surface area (Å²) >= 11 is 0. The maximum absolute atomic E-state index is 6.10. The van der Waals surface area contributed by atoms with E-state index in [1.807, 2.05) is 0 Å². The van der Waals surface area contributed by atoms with Crippen LogP contribution in [0.15, 0.2) is 23.5 Å². The van der Waals surface area contributed by atoms with Gasteiger partial charge in [-0.2, -0.15) is 0 Å². The van der Waals surface area contributed by atoms with Gasteiger partial charge in [0.2, 0.25) is 0 Å². The van der Waals surface area contributed by atoms with E-state index in [-0.39, 0.29) is 5.41 Å². The van der Waals surface area contributed by atoms with Crippen LogP contribution in [0.2, 0.25) is 0 Å². The number of allylic oxidation sites excluding steroid dienone is 3. The molecule has 4 rings (SSSR count). The van der Waals surface area contributed by atoms with Crippen molar-refractivity contribution in [3.63, 3.8) is 0 Å². The van der Waals surface area contributed by atoms with Gasteiger partial charge in [0.05, 0.1) is 19.0 Å². The summed E-state index contributed by atoms with van der Waals surface area (Å²) in [6.07, 6.45) is 15.8. The van der Waals surface area contributed by atoms with Gasteiger partial charge in [-0.05, 0) is 87.2 Å². The fourth-order valence-electron chi connectivity index (χ4n) is 6.95. The van der Waals surface area contributed by atoms with Gasteiger partial charge in [-0.3, -0.25) is 0 Å². The molecule has 2 fully saturated rings. The van der Waals surface area contributed by atoms with Gasteiger partial charge in [0.25, 0.3) is 0 Å². The zero-order valence-corrected chi connectivity index (χ0v) is 16.5. The Hall–Kier alpha value is -0.760. The van der Waals surface area contributed by atoms with E-state index < -0.39 is 0 Å². The maximum atomic E-state index is 6.10. The Morgan fingerprint density at radius 3 is 2.76 bits per heavy atom. The Kier molecular flexibility index (Phi) is 4.77. The summed E-state index contributed by atoms with van der Waals surface area (Å²) in [5.74, 6) is 3.84. The molecule has 0 aliphatic heterocycles. The third-order valence-electron chi connectivity index (χ3n) is 8.14. The first kappa shape index (κ1) is 17.6. The van der Waals surface area contributed by atoms with Crippen LogP contribution in [0.4, 0.5) is 0 Å². The van der Waals surface area contributed by atoms with E-state index in [0.29, 0.717) is 5.41 Å². The fourth-order valence-corrected chi connectivity index (χ4v) is 6.95. The van der Waals surface area contributed by atoms with Crippen molar-refractivity contribution < 1.29 is 9.47 Å². The average Bonchev–Trinajstić information content (AvgIpc) is 3.02. The van der Waals surface area contributed by atoms with Gasteiger partial charge < -0.3 is 9.47 Å². The zero-order chi connectivity index (χ0) is 17.5. The van der Waals surface area contributed by atoms with E-state index >= 15 is 0 Å². The number of rotatable bonds is 5. The third-order valence-corrected chi connectivity index (χ3v) is 8.14. The Morgan fingerprint density at radius 1 is 1.08 bits per heavy atom. The summed E-state index contributed by atoms with van der Waals surface area (Å²) < 4.78 is 12.0. The molecule has 0 aromatic heterocycles. The summed E-state index contributed by atoms with van der Waals surface area (Å²) in [4.78, 5) is 0. The highest BCUT2D eigenvalue weighted by Crippen LogP contribution is 2.64. The molecule has 2 nitrogen and oxygen atoms in total. The van der Waals surface area contributed by atoms with Gasteiger partial charge in [0.1, 0.15) is 0 Å². The summed E-state index contributed by atoms with van der Waals surface area (Å²) in [7, 11) is 0. The van der Waals surface area contributed by atoms with Crippen LogP contribution >= 0.6 is 0 Å². The van der Waals surface area contributed by atoms with E-state index in [1.54, 1.807) is 5.57 Å². The molecule has 0 N–H and O–H groups in total. The summed E-state index contributed by atoms with van der Waals surface area (Å²) in [6, 6.07) is 0. The van der Waals surface area contributed by atoms with Gasteiger partial charge in [-0.1, -0.05) is 19.4 Å². The largest absolute Gasteiger partial charge is 0.498 e. The Morgan fingerprint density at radius 2 is 1.96 bits per heavy atom. The van der Waals surface area contributed by atoms with E-state index in [4.69, 9.17) is 9.47 Å². The minimum atomic E-state index is 0.253. The number of hydrogen-bond acceptors (Lipinski definition) is 2. The van der Waals surface area contributed by atoms with Crippen molar-refractivity contribution in [3.8, 4) is 0 Å². The van der Waals surface area contributed by atoms with Crippen molar-refractivity contribution in [1.29, 1.82) is 0 Å². The second kappa shape index (κ2) is 6.76. The first-order chi connectivity index (χ1) is 12.1. The quantitative estimate of drug-likeness (QED) is 0.619. The molecule has 5 atom stereocenters. The molecule has 2 heteroatoms. The van der Waals surface area contributed by atoms with Crippen LogP contribution in [0, 0.1) is 28.6 Å². The van der Waals surface area contributed by atoms with Gasteiger partial charge in [-0.15, -0.1) is 0 Å². The van der Waals surface area contributed by atoms with Crippen LogP contribution < -0.4 is 0 Å². The first-order valence-corrected chi connectivity index (χ1v) is 10.7. The lowest BCUT2D eigenvalue weighted by molar-refractivity contribution is -0.0630. The molecule has 0 radical (unpaired) electrons. The molecule has 0 bridgehead atoms. The van der Waals surface area contributed by atoms with E-state index in [2.05, 4.69) is 32.9 Å². The molecule has 0 amide bonds. The lowest BCUT2D eigenvalue weighted by Gasteiger charge is -2.57. The lowest BCUT2D eigenvalue weighted by Crippen LogP contribution is -2.51. The Bertz CT molecular complexity index is 562. The van der Waals surface area contributed by atoms with E-state index in [9.17, 15) is 0 Å². The molecule has 4 aliphatic rings. The van der Waals surface area contributed by atoms with Gasteiger partial charge in [-0.25, -0.2) is 0 Å². The molecule has 0 spiro atoms. The highest BCUT2D eigenvalue weighted by atomic mass is 16.5. The molecule has 140 valence electrons. The minimum Gasteiger partial charge on any atom is -0.498 e. The summed E-state index contributed by atoms with van der Waals surface area (Å²) in [5.41, 5.74) is 2.42. The number of hydrogen-bond donors (Lipinski definition) is 0. The van der Waals surface area contributed by atoms with Crippen molar-refractivity contribution in [1.82, 2.24) is 0 Å². The van der Waals surface area contributed by atoms with Crippen LogP contribution in [0.5, 0.6) is 0 Å². The smallest absolute Gasteiger partial charge is 0.0962 e. The first-order valence-electron chi connectivity index (χ1n) is 10.7. The summed E-state index contributed by atoms with van der Waals surface area (Å²) in [6.45, 7) is 9.34. The normalized spacial score (nSPS) is 42.8. The molecule has 0 unspecified atom stereocenters. The van der Waals surface area contributed by atoms with Gasteiger partial charge >= 0.3 is 0 Å². The highest BCUT2D eigenvalue weighted by Gasteiger charge is 2.56. The van der Waals surface area contributed by atoms with Crippen LogP contribution in [-0.4, -0.2) is 19.8 Å². The number of fused-ring (bicyclic) bond motifs is 5. The van der Waals surface area contributed by atoms with Crippen LogP contribution in [0.25, 0.3) is 0 Å². The average molecular weight is 345 g/mol. The third kappa shape index (κ3) is 2.80. The molecule has 0 aromatic carbocycles. The molecule has 4 aliphatic carbocycles. The van der Waals surface area contributed by atoms with Crippen LogP contribution in [-0.2, 0) is 9.47 Å². The zero-order valence-electron chi connectivity index (χ0n) is 16.5. The topological polar surface area (TPSA) is 18.5 Å². The highest BCUT2D eigenvalue weighted by molar-refractivity contribution is 5.36. The van der Waals surface area contributed by atoms with Gasteiger partial charge in [0.15, 0.2) is 0 Å². The van der Waals surface area contributed by atoms with Crippen molar-refractivity contribution >= 4 is 0 Å². The predicted molar refractivity (Wildman–Crippen MR) is 102 cm³/mol. The molecule has 0 aromatic rings. The molecule has 0 saturated heterocycles.